The van der Waals surface area contributed by atoms with Crippen molar-refractivity contribution in [2.45, 2.75) is 96.1 Å². The number of carbonyl (C=O) groups is 3. The van der Waals surface area contributed by atoms with E-state index in [1.807, 2.05) is 24.3 Å². The molecule has 45 heavy (non-hydrogen) atoms. The van der Waals surface area contributed by atoms with E-state index in [0.29, 0.717) is 31.0 Å². The molecule has 2 fully saturated rings. The lowest BCUT2D eigenvalue weighted by atomic mass is 9.91. The number of allylic oxidation sites excluding steroid dienone is 2. The minimum atomic E-state index is -0.854. The zero-order valence-electron chi connectivity index (χ0n) is 26.6. The number of carbonyl (C=O) groups excluding carboxylic acids is 3. The van der Waals surface area contributed by atoms with E-state index >= 15 is 0 Å². The normalized spacial score (nSPS) is 28.6. The molecule has 1 amide bonds. The summed E-state index contributed by atoms with van der Waals surface area (Å²) >= 11 is 3.08. The number of ketones is 1. The van der Waals surface area contributed by atoms with Crippen LogP contribution in [0.4, 0.5) is 0 Å². The lowest BCUT2D eigenvalue weighted by molar-refractivity contribution is -0.150. The van der Waals surface area contributed by atoms with Crippen molar-refractivity contribution in [2.24, 2.45) is 17.3 Å². The topological polar surface area (TPSA) is 98.7 Å². The summed E-state index contributed by atoms with van der Waals surface area (Å²) in [5.41, 5.74) is 0.974. The first-order valence-corrected chi connectivity index (χ1v) is 17.8. The van der Waals surface area contributed by atoms with Gasteiger partial charge in [-0.25, -0.2) is 9.97 Å². The Hall–Kier alpha value is -3.11. The number of Topliss-reactive ketones (excluding diaryl/α,β-unsaturated/α-hetero) is 1. The molecule has 1 saturated heterocycles. The lowest BCUT2D eigenvalue weighted by Crippen LogP contribution is -2.45. The minimum absolute atomic E-state index is 0.0194. The summed E-state index contributed by atoms with van der Waals surface area (Å²) in [5.74, 6) is -0.774. The molecule has 4 heterocycles. The van der Waals surface area contributed by atoms with Gasteiger partial charge in [-0.3, -0.25) is 14.4 Å². The highest BCUT2D eigenvalue weighted by molar-refractivity contribution is 7.20. The molecule has 1 saturated carbocycles. The monoisotopic (exact) mass is 649 g/mol. The molecular formula is C35H43N3O5S2. The number of methoxy groups -OCH3 is 1. The summed E-state index contributed by atoms with van der Waals surface area (Å²) in [4.78, 5) is 53.0. The van der Waals surface area contributed by atoms with Crippen LogP contribution in [0.1, 0.15) is 82.8 Å². The zero-order valence-corrected chi connectivity index (χ0v) is 28.3. The van der Waals surface area contributed by atoms with Crippen molar-refractivity contribution in [3.05, 3.63) is 52.5 Å². The van der Waals surface area contributed by atoms with E-state index in [1.54, 1.807) is 16.2 Å². The van der Waals surface area contributed by atoms with Gasteiger partial charge >= 0.3 is 5.97 Å². The molecule has 3 aliphatic rings. The van der Waals surface area contributed by atoms with Crippen molar-refractivity contribution in [2.75, 3.05) is 13.7 Å². The average Bonchev–Trinajstić information content (AvgIpc) is 3.40. The highest BCUT2D eigenvalue weighted by Gasteiger charge is 2.61. The highest BCUT2D eigenvalue weighted by Crippen LogP contribution is 2.57. The third-order valence-electron chi connectivity index (χ3n) is 9.56. The number of nitrogens with zero attached hydrogens (tertiary/aromatic N) is 3. The number of amides is 1. The predicted molar refractivity (Wildman–Crippen MR) is 177 cm³/mol. The number of rotatable bonds is 5. The molecule has 2 aliphatic heterocycles. The molecule has 5 atom stereocenters. The van der Waals surface area contributed by atoms with Crippen LogP contribution in [0.2, 0.25) is 0 Å². The molecule has 6 rings (SSSR count). The van der Waals surface area contributed by atoms with Crippen LogP contribution in [-0.2, 0) is 31.0 Å². The second-order valence-electron chi connectivity index (χ2n) is 13.9. The smallest absolute Gasteiger partial charge is 0.312 e. The molecule has 0 unspecified atom stereocenters. The predicted octanol–water partition coefficient (Wildman–Crippen LogP) is 6.92. The molecule has 0 spiro atoms. The SMILES string of the molecule is COC(=O)[C@]12CC(=O)[C@@H]3C[C@@H](Oc4nc5ccccc5s4)CN3C(=O)[C@@H](Cc3nc(C(C)(C)C)cs3)CCCCC/C=C\[C@@H]1C2. The Bertz CT molecular complexity index is 1560. The molecule has 240 valence electrons. The van der Waals surface area contributed by atoms with E-state index in [2.05, 4.69) is 43.3 Å². The summed E-state index contributed by atoms with van der Waals surface area (Å²) < 4.78 is 12.6. The summed E-state index contributed by atoms with van der Waals surface area (Å²) in [5, 5.41) is 3.59. The number of para-hydroxylation sites is 1. The maximum absolute atomic E-state index is 14.5. The summed E-state index contributed by atoms with van der Waals surface area (Å²) in [6, 6.07) is 7.20. The molecule has 2 aromatic heterocycles. The number of thiazole rings is 2. The highest BCUT2D eigenvalue weighted by atomic mass is 32.1. The van der Waals surface area contributed by atoms with Crippen molar-refractivity contribution < 1.29 is 23.9 Å². The lowest BCUT2D eigenvalue weighted by Gasteiger charge is -2.28. The van der Waals surface area contributed by atoms with Crippen molar-refractivity contribution in [3.8, 4) is 5.19 Å². The molecule has 1 aliphatic carbocycles. The van der Waals surface area contributed by atoms with Crippen molar-refractivity contribution in [1.82, 2.24) is 14.9 Å². The van der Waals surface area contributed by atoms with Gasteiger partial charge in [-0.15, -0.1) is 11.3 Å². The molecule has 0 bridgehead atoms. The van der Waals surface area contributed by atoms with Gasteiger partial charge in [0.15, 0.2) is 5.78 Å². The number of esters is 1. The van der Waals surface area contributed by atoms with E-state index in [-0.39, 0.29) is 47.4 Å². The number of hydrogen-bond acceptors (Lipinski definition) is 9. The average molecular weight is 650 g/mol. The van der Waals surface area contributed by atoms with Crippen molar-refractivity contribution in [1.29, 1.82) is 0 Å². The second kappa shape index (κ2) is 12.9. The Morgan fingerprint density at radius 3 is 2.71 bits per heavy atom. The third kappa shape index (κ3) is 6.87. The molecule has 8 nitrogen and oxygen atoms in total. The van der Waals surface area contributed by atoms with Crippen LogP contribution in [0.15, 0.2) is 41.8 Å². The summed E-state index contributed by atoms with van der Waals surface area (Å²) in [7, 11) is 1.39. The van der Waals surface area contributed by atoms with Gasteiger partial charge in [-0.05, 0) is 43.7 Å². The number of aromatic nitrogens is 2. The molecule has 3 aromatic rings. The van der Waals surface area contributed by atoms with Gasteiger partial charge in [0.2, 0.25) is 5.91 Å². The Morgan fingerprint density at radius 1 is 1.13 bits per heavy atom. The maximum atomic E-state index is 14.5. The van der Waals surface area contributed by atoms with Crippen LogP contribution in [0, 0.1) is 17.3 Å². The van der Waals surface area contributed by atoms with Gasteiger partial charge in [0, 0.05) is 36.0 Å². The zero-order chi connectivity index (χ0) is 31.8. The van der Waals surface area contributed by atoms with Gasteiger partial charge in [0.05, 0.1) is 46.0 Å². The number of benzene rings is 1. The van der Waals surface area contributed by atoms with E-state index in [1.165, 1.54) is 18.4 Å². The fourth-order valence-corrected chi connectivity index (χ4v) is 8.78. The molecule has 0 N–H and O–H groups in total. The fourth-order valence-electron chi connectivity index (χ4n) is 6.80. The largest absolute Gasteiger partial charge is 0.469 e. The fraction of sp³-hybridized carbons (Fsp3) is 0.571. The van der Waals surface area contributed by atoms with Crippen molar-refractivity contribution in [3.63, 3.8) is 0 Å². The maximum Gasteiger partial charge on any atom is 0.312 e. The first kappa shape index (κ1) is 31.9. The second-order valence-corrected chi connectivity index (χ2v) is 15.8. The van der Waals surface area contributed by atoms with Crippen LogP contribution in [-0.4, -0.2) is 58.3 Å². The van der Waals surface area contributed by atoms with E-state index in [9.17, 15) is 14.4 Å². The van der Waals surface area contributed by atoms with Gasteiger partial charge in [0.25, 0.3) is 5.19 Å². The molecule has 10 heteroatoms. The number of hydrogen-bond donors (Lipinski definition) is 0. The van der Waals surface area contributed by atoms with E-state index < -0.39 is 11.5 Å². The first-order valence-electron chi connectivity index (χ1n) is 16.1. The third-order valence-corrected chi connectivity index (χ3v) is 11.4. The Balaban J connectivity index is 1.29. The van der Waals surface area contributed by atoms with Crippen molar-refractivity contribution >= 4 is 50.5 Å². The summed E-state index contributed by atoms with van der Waals surface area (Å²) in [6.45, 7) is 6.74. The summed E-state index contributed by atoms with van der Waals surface area (Å²) in [6.07, 6.45) is 10.1. The van der Waals surface area contributed by atoms with E-state index in [0.717, 1.165) is 53.0 Å². The first-order chi connectivity index (χ1) is 21.6. The molecule has 1 aromatic carbocycles. The van der Waals surface area contributed by atoms with Gasteiger partial charge in [-0.1, -0.05) is 69.2 Å². The van der Waals surface area contributed by atoms with Crippen LogP contribution in [0.5, 0.6) is 5.19 Å². The number of ether oxygens (including phenoxy) is 2. The standard InChI is InChI=1S/C35H43N3O5S2/c1-34(2,3)29-21-44-30(37-29)16-22-12-8-6-5-7-9-13-23-18-35(23,32(41)42-4)19-27(39)26-17-24(20-38(26)31(22)40)43-33-36-25-14-10-11-15-28(25)45-33/h9-11,13-15,21-24,26H,5-8,12,16-20H2,1-4H3/b13-9-/t22-,23-,24-,26+,35-/m1/s1. The Labute approximate surface area is 273 Å². The minimum Gasteiger partial charge on any atom is -0.469 e. The van der Waals surface area contributed by atoms with Gasteiger partial charge in [-0.2, -0.15) is 0 Å². The van der Waals surface area contributed by atoms with Crippen LogP contribution in [0.25, 0.3) is 10.2 Å². The molecule has 0 radical (unpaired) electrons. The van der Waals surface area contributed by atoms with Gasteiger partial charge < -0.3 is 14.4 Å². The molecular weight excluding hydrogens is 607 g/mol. The number of fused-ring (bicyclic) bond motifs is 3. The van der Waals surface area contributed by atoms with Crippen LogP contribution < -0.4 is 4.74 Å². The van der Waals surface area contributed by atoms with Crippen LogP contribution >= 0.6 is 22.7 Å². The van der Waals surface area contributed by atoms with Crippen LogP contribution in [0.3, 0.4) is 0 Å². The quantitative estimate of drug-likeness (QED) is 0.219. The Morgan fingerprint density at radius 2 is 1.96 bits per heavy atom. The van der Waals surface area contributed by atoms with Gasteiger partial charge in [0.1, 0.15) is 6.10 Å². The van der Waals surface area contributed by atoms with E-state index in [4.69, 9.17) is 14.5 Å². The Kier molecular flexibility index (Phi) is 9.17.